The van der Waals surface area contributed by atoms with Crippen molar-refractivity contribution in [2.45, 2.75) is 38.7 Å². The van der Waals surface area contributed by atoms with Gasteiger partial charge in [-0.05, 0) is 37.5 Å². The number of hydrogen-bond acceptors (Lipinski definition) is 2. The van der Waals surface area contributed by atoms with E-state index in [1.807, 2.05) is 19.1 Å². The van der Waals surface area contributed by atoms with Crippen LogP contribution in [0.3, 0.4) is 0 Å². The number of aldehydes is 1. The van der Waals surface area contributed by atoms with Gasteiger partial charge in [0.05, 0.1) is 6.10 Å². The van der Waals surface area contributed by atoms with Crippen LogP contribution in [-0.4, -0.2) is 12.4 Å². The first-order valence-corrected chi connectivity index (χ1v) is 5.97. The quantitative estimate of drug-likeness (QED) is 0.739. The Kier molecular flexibility index (Phi) is 3.20. The Hall–Kier alpha value is -1.02. The molecular formula is C13H15ClO2. The minimum absolute atomic E-state index is 0.0813. The molecule has 86 valence electrons. The number of fused-ring (bicyclic) bond motifs is 1. The Labute approximate surface area is 101 Å². The Bertz CT molecular complexity index is 415. The molecule has 16 heavy (non-hydrogen) atoms. The van der Waals surface area contributed by atoms with Gasteiger partial charge in [-0.1, -0.05) is 18.5 Å². The van der Waals surface area contributed by atoms with Crippen LogP contribution in [0.1, 0.15) is 37.3 Å². The maximum absolute atomic E-state index is 11.0. The molecule has 2 unspecified atom stereocenters. The van der Waals surface area contributed by atoms with Crippen molar-refractivity contribution in [2.75, 3.05) is 0 Å². The largest absolute Gasteiger partial charge is 0.490 e. The van der Waals surface area contributed by atoms with Gasteiger partial charge in [-0.15, -0.1) is 0 Å². The number of carbonyl (C=O) groups excluding carboxylic acids is 1. The molecule has 0 bridgehead atoms. The molecule has 0 N–H and O–H groups in total. The smallest absolute Gasteiger partial charge is 0.127 e. The van der Waals surface area contributed by atoms with Gasteiger partial charge in [0.2, 0.25) is 0 Å². The molecule has 0 radical (unpaired) electrons. The summed E-state index contributed by atoms with van der Waals surface area (Å²) >= 11 is 6.15. The van der Waals surface area contributed by atoms with Crippen molar-refractivity contribution in [3.8, 4) is 5.75 Å². The second-order valence-corrected chi connectivity index (χ2v) is 4.65. The van der Waals surface area contributed by atoms with Gasteiger partial charge in [0.15, 0.2) is 0 Å². The van der Waals surface area contributed by atoms with Crippen LogP contribution in [0, 0.1) is 0 Å². The van der Waals surface area contributed by atoms with Crippen LogP contribution in [0.4, 0.5) is 0 Å². The molecule has 1 aromatic carbocycles. The number of rotatable bonds is 2. The predicted molar refractivity (Wildman–Crippen MR) is 64.3 cm³/mol. The fourth-order valence-electron chi connectivity index (χ4n) is 2.15. The number of carbonyl (C=O) groups is 1. The molecule has 2 atom stereocenters. The van der Waals surface area contributed by atoms with Crippen molar-refractivity contribution in [3.63, 3.8) is 0 Å². The van der Waals surface area contributed by atoms with E-state index in [-0.39, 0.29) is 12.0 Å². The first-order chi connectivity index (χ1) is 7.65. The third-order valence-corrected chi connectivity index (χ3v) is 3.39. The molecule has 0 spiro atoms. The highest BCUT2D eigenvalue weighted by Crippen LogP contribution is 2.38. The summed E-state index contributed by atoms with van der Waals surface area (Å²) in [5.41, 5.74) is 1.99. The van der Waals surface area contributed by atoms with Gasteiger partial charge in [-0.25, -0.2) is 0 Å². The van der Waals surface area contributed by atoms with E-state index in [4.69, 9.17) is 16.3 Å². The molecule has 0 aliphatic carbocycles. The summed E-state index contributed by atoms with van der Waals surface area (Å²) < 4.78 is 5.74. The van der Waals surface area contributed by atoms with Crippen molar-refractivity contribution in [2.24, 2.45) is 0 Å². The van der Waals surface area contributed by atoms with Gasteiger partial charge in [0, 0.05) is 16.5 Å². The molecule has 3 heteroatoms. The number of benzene rings is 1. The molecule has 1 aliphatic heterocycles. The molecule has 0 aromatic heterocycles. The summed E-state index contributed by atoms with van der Waals surface area (Å²) in [7, 11) is 0. The third-order valence-electron chi connectivity index (χ3n) is 3.04. The number of ether oxygens (including phenoxy) is 1. The van der Waals surface area contributed by atoms with E-state index in [0.717, 1.165) is 41.0 Å². The fraction of sp³-hybridized carbons (Fsp3) is 0.462. The van der Waals surface area contributed by atoms with Crippen LogP contribution in [0.25, 0.3) is 0 Å². The molecule has 0 saturated carbocycles. The van der Waals surface area contributed by atoms with Crippen LogP contribution >= 0.6 is 11.6 Å². The highest BCUT2D eigenvalue weighted by Gasteiger charge is 2.26. The zero-order valence-corrected chi connectivity index (χ0v) is 10.3. The Morgan fingerprint density at radius 3 is 2.94 bits per heavy atom. The SMILES string of the molecule is CCc1cc2c(cc1Cl)C(C=O)CC(C)O2. The zero-order chi connectivity index (χ0) is 11.7. The molecule has 0 amide bonds. The predicted octanol–water partition coefficient (Wildman–Crippen LogP) is 3.36. The lowest BCUT2D eigenvalue weighted by Crippen LogP contribution is -2.23. The van der Waals surface area contributed by atoms with E-state index in [2.05, 4.69) is 6.92 Å². The summed E-state index contributed by atoms with van der Waals surface area (Å²) in [5.74, 6) is 0.735. The lowest BCUT2D eigenvalue weighted by molar-refractivity contribution is -0.110. The summed E-state index contributed by atoms with van der Waals surface area (Å²) in [6.07, 6.45) is 2.68. The molecule has 0 fully saturated rings. The van der Waals surface area contributed by atoms with Crippen molar-refractivity contribution in [1.29, 1.82) is 0 Å². The van der Waals surface area contributed by atoms with E-state index >= 15 is 0 Å². The maximum Gasteiger partial charge on any atom is 0.127 e. The van der Waals surface area contributed by atoms with Crippen LogP contribution in [-0.2, 0) is 11.2 Å². The Balaban J connectivity index is 2.50. The monoisotopic (exact) mass is 238 g/mol. The van der Waals surface area contributed by atoms with Crippen LogP contribution in [0.2, 0.25) is 5.02 Å². The van der Waals surface area contributed by atoms with Gasteiger partial charge < -0.3 is 9.53 Å². The van der Waals surface area contributed by atoms with E-state index in [1.54, 1.807) is 0 Å². The number of halogens is 1. The first kappa shape index (κ1) is 11.5. The van der Waals surface area contributed by atoms with Crippen LogP contribution in [0.15, 0.2) is 12.1 Å². The summed E-state index contributed by atoms with van der Waals surface area (Å²) in [6.45, 7) is 4.04. The molecule has 2 rings (SSSR count). The second kappa shape index (κ2) is 4.46. The highest BCUT2D eigenvalue weighted by atomic mass is 35.5. The van der Waals surface area contributed by atoms with Crippen LogP contribution < -0.4 is 4.74 Å². The van der Waals surface area contributed by atoms with E-state index < -0.39 is 0 Å². The van der Waals surface area contributed by atoms with E-state index in [0.29, 0.717) is 0 Å². The molecule has 1 aliphatic rings. The highest BCUT2D eigenvalue weighted by molar-refractivity contribution is 6.31. The normalized spacial score (nSPS) is 23.4. The van der Waals surface area contributed by atoms with Crippen molar-refractivity contribution in [1.82, 2.24) is 0 Å². The standard InChI is InChI=1S/C13H15ClO2/c1-3-9-5-13-11(6-12(9)14)10(7-15)4-8(2)16-13/h5-8,10H,3-4H2,1-2H3. The van der Waals surface area contributed by atoms with Crippen molar-refractivity contribution >= 4 is 17.9 Å². The third kappa shape index (κ3) is 1.94. The summed E-state index contributed by atoms with van der Waals surface area (Å²) in [4.78, 5) is 11.0. The average molecular weight is 239 g/mol. The van der Waals surface area contributed by atoms with E-state index in [1.165, 1.54) is 0 Å². The molecular weight excluding hydrogens is 224 g/mol. The fourth-order valence-corrected chi connectivity index (χ4v) is 2.46. The first-order valence-electron chi connectivity index (χ1n) is 5.60. The van der Waals surface area contributed by atoms with Crippen molar-refractivity contribution < 1.29 is 9.53 Å². The minimum atomic E-state index is -0.0813. The summed E-state index contributed by atoms with van der Waals surface area (Å²) in [5, 5.41) is 0.728. The number of aryl methyl sites for hydroxylation is 1. The average Bonchev–Trinajstić information content (AvgIpc) is 2.28. The molecule has 1 heterocycles. The zero-order valence-electron chi connectivity index (χ0n) is 9.50. The maximum atomic E-state index is 11.0. The van der Waals surface area contributed by atoms with Gasteiger partial charge in [0.1, 0.15) is 12.0 Å². The van der Waals surface area contributed by atoms with E-state index in [9.17, 15) is 4.79 Å². The van der Waals surface area contributed by atoms with Gasteiger partial charge in [-0.2, -0.15) is 0 Å². The topological polar surface area (TPSA) is 26.3 Å². The molecule has 0 saturated heterocycles. The molecule has 2 nitrogen and oxygen atoms in total. The van der Waals surface area contributed by atoms with Crippen molar-refractivity contribution in [3.05, 3.63) is 28.3 Å². The van der Waals surface area contributed by atoms with Gasteiger partial charge in [0.25, 0.3) is 0 Å². The minimum Gasteiger partial charge on any atom is -0.490 e. The lowest BCUT2D eigenvalue weighted by Gasteiger charge is -2.28. The number of hydrogen-bond donors (Lipinski definition) is 0. The van der Waals surface area contributed by atoms with Gasteiger partial charge in [-0.3, -0.25) is 0 Å². The lowest BCUT2D eigenvalue weighted by atomic mass is 9.90. The summed E-state index contributed by atoms with van der Waals surface area (Å²) in [6, 6.07) is 3.84. The molecule has 1 aromatic rings. The van der Waals surface area contributed by atoms with Crippen LogP contribution in [0.5, 0.6) is 5.75 Å². The second-order valence-electron chi connectivity index (χ2n) is 4.24. The van der Waals surface area contributed by atoms with Gasteiger partial charge >= 0.3 is 0 Å². The Morgan fingerprint density at radius 2 is 2.31 bits per heavy atom. The Morgan fingerprint density at radius 1 is 1.56 bits per heavy atom.